The van der Waals surface area contributed by atoms with Crippen LogP contribution >= 0.6 is 0 Å². The highest BCUT2D eigenvalue weighted by atomic mass is 19.4. The number of likely N-dealkylation sites (tertiary alicyclic amines) is 1. The van der Waals surface area contributed by atoms with Crippen molar-refractivity contribution in [3.8, 4) is 5.69 Å². The Kier molecular flexibility index (Phi) is 6.49. The summed E-state index contributed by atoms with van der Waals surface area (Å²) in [4.78, 5) is 23.8. The van der Waals surface area contributed by atoms with Crippen molar-refractivity contribution in [2.45, 2.75) is 38.9 Å². The van der Waals surface area contributed by atoms with Gasteiger partial charge in [0.1, 0.15) is 5.69 Å². The molecule has 0 unspecified atom stereocenters. The molecule has 8 nitrogen and oxygen atoms in total. The average Bonchev–Trinajstić information content (AvgIpc) is 3.33. The molecule has 0 radical (unpaired) electrons. The van der Waals surface area contributed by atoms with E-state index in [1.165, 1.54) is 18.5 Å². The number of hydrogen-bond acceptors (Lipinski definition) is 6. The van der Waals surface area contributed by atoms with Gasteiger partial charge < -0.3 is 10.2 Å². The molecule has 1 aromatic carbocycles. The summed E-state index contributed by atoms with van der Waals surface area (Å²) in [7, 11) is 0. The third-order valence-corrected chi connectivity index (χ3v) is 5.98. The number of aromatic nitrogens is 5. The summed E-state index contributed by atoms with van der Waals surface area (Å²) >= 11 is 0. The maximum absolute atomic E-state index is 15.0. The van der Waals surface area contributed by atoms with Crippen LogP contribution in [0.5, 0.6) is 0 Å². The lowest BCUT2D eigenvalue weighted by Crippen LogP contribution is -2.51. The SMILES string of the molecule is Cc1ccc(C(=O)N2CCC[C@@H](C)[C@H]2CNc2ncc(C(F)(F)F)cn2)c(-n2nccn2)c1F. The number of amides is 1. The highest BCUT2D eigenvalue weighted by Crippen LogP contribution is 2.30. The van der Waals surface area contributed by atoms with E-state index in [4.69, 9.17) is 0 Å². The van der Waals surface area contributed by atoms with Crippen LogP contribution in [-0.4, -0.2) is 54.9 Å². The summed E-state index contributed by atoms with van der Waals surface area (Å²) in [6, 6.07) is 2.78. The summed E-state index contributed by atoms with van der Waals surface area (Å²) in [6.45, 7) is 4.26. The van der Waals surface area contributed by atoms with Crippen molar-refractivity contribution in [2.75, 3.05) is 18.4 Å². The monoisotopic (exact) mass is 477 g/mol. The van der Waals surface area contributed by atoms with Gasteiger partial charge in [0.05, 0.1) is 29.6 Å². The van der Waals surface area contributed by atoms with Crippen LogP contribution in [0.4, 0.5) is 23.5 Å². The van der Waals surface area contributed by atoms with Crippen molar-refractivity contribution in [3.63, 3.8) is 0 Å². The second-order valence-electron chi connectivity index (χ2n) is 8.27. The Balaban J connectivity index is 1.58. The molecule has 2 atom stereocenters. The molecule has 1 saturated heterocycles. The molecular weight excluding hydrogens is 454 g/mol. The minimum Gasteiger partial charge on any atom is -0.352 e. The van der Waals surface area contributed by atoms with E-state index in [0.29, 0.717) is 24.5 Å². The van der Waals surface area contributed by atoms with E-state index in [1.54, 1.807) is 17.9 Å². The Labute approximate surface area is 193 Å². The fourth-order valence-corrected chi connectivity index (χ4v) is 4.09. The van der Waals surface area contributed by atoms with Gasteiger partial charge in [0.25, 0.3) is 5.91 Å². The predicted octanol–water partition coefficient (Wildman–Crippen LogP) is 3.88. The number of aryl methyl sites for hydroxylation is 1. The maximum atomic E-state index is 15.0. The zero-order chi connectivity index (χ0) is 24.5. The van der Waals surface area contributed by atoms with Gasteiger partial charge in [-0.2, -0.15) is 23.4 Å². The van der Waals surface area contributed by atoms with Gasteiger partial charge in [-0.25, -0.2) is 14.4 Å². The molecule has 1 aliphatic rings. The lowest BCUT2D eigenvalue weighted by molar-refractivity contribution is -0.138. The summed E-state index contributed by atoms with van der Waals surface area (Å²) in [5.41, 5.74) is -0.481. The number of anilines is 1. The molecular formula is C22H23F4N7O. The summed E-state index contributed by atoms with van der Waals surface area (Å²) in [5, 5.41) is 10.9. The molecule has 1 amide bonds. The standard InChI is InChI=1S/C22H23F4N7O/c1-13-4-3-9-32(17(13)12-29-21-27-10-15(11-28-21)22(24,25)26)20(34)16-6-5-14(2)18(23)19(16)33-30-7-8-31-33/h5-8,10-11,13,17H,3-4,9,12H2,1-2H3,(H,27,28,29)/t13-,17-/m1/s1. The van der Waals surface area contributed by atoms with Crippen molar-refractivity contribution in [2.24, 2.45) is 5.92 Å². The van der Waals surface area contributed by atoms with Crippen LogP contribution in [0.2, 0.25) is 0 Å². The minimum absolute atomic E-state index is 0.0222. The third-order valence-electron chi connectivity index (χ3n) is 5.98. The first kappa shape index (κ1) is 23.6. The number of hydrogen-bond donors (Lipinski definition) is 1. The van der Waals surface area contributed by atoms with E-state index in [9.17, 15) is 18.0 Å². The van der Waals surface area contributed by atoms with Crippen molar-refractivity contribution in [3.05, 3.63) is 59.4 Å². The number of carbonyl (C=O) groups is 1. The van der Waals surface area contributed by atoms with Crippen molar-refractivity contribution < 1.29 is 22.4 Å². The van der Waals surface area contributed by atoms with Crippen LogP contribution in [0, 0.1) is 18.7 Å². The first-order valence-electron chi connectivity index (χ1n) is 10.8. The van der Waals surface area contributed by atoms with Crippen LogP contribution in [-0.2, 0) is 6.18 Å². The topological polar surface area (TPSA) is 88.8 Å². The molecule has 2 aromatic heterocycles. The first-order valence-corrected chi connectivity index (χ1v) is 10.8. The van der Waals surface area contributed by atoms with E-state index in [1.807, 2.05) is 6.92 Å². The van der Waals surface area contributed by atoms with Gasteiger partial charge >= 0.3 is 6.18 Å². The second-order valence-corrected chi connectivity index (χ2v) is 8.27. The number of rotatable bonds is 5. The van der Waals surface area contributed by atoms with Gasteiger partial charge in [-0.3, -0.25) is 4.79 Å². The van der Waals surface area contributed by atoms with Crippen LogP contribution in [0.25, 0.3) is 5.69 Å². The molecule has 0 saturated carbocycles. The Bertz CT molecular complexity index is 1150. The molecule has 0 spiro atoms. The summed E-state index contributed by atoms with van der Waals surface area (Å²) < 4.78 is 53.3. The van der Waals surface area contributed by atoms with Crippen LogP contribution in [0.1, 0.15) is 41.3 Å². The molecule has 12 heteroatoms. The average molecular weight is 477 g/mol. The molecule has 0 aliphatic carbocycles. The number of carbonyl (C=O) groups excluding carboxylic acids is 1. The normalized spacial score (nSPS) is 18.7. The Morgan fingerprint density at radius 2 is 1.85 bits per heavy atom. The number of nitrogens with zero attached hydrogens (tertiary/aromatic N) is 6. The van der Waals surface area contributed by atoms with E-state index in [2.05, 4.69) is 25.5 Å². The third kappa shape index (κ3) is 4.70. The second kappa shape index (κ2) is 9.35. The van der Waals surface area contributed by atoms with Crippen molar-refractivity contribution in [1.29, 1.82) is 0 Å². The van der Waals surface area contributed by atoms with E-state index >= 15 is 4.39 Å². The van der Waals surface area contributed by atoms with Crippen LogP contribution in [0.3, 0.4) is 0 Å². The number of alkyl halides is 3. The van der Waals surface area contributed by atoms with Gasteiger partial charge in [0.15, 0.2) is 5.82 Å². The molecule has 4 rings (SSSR count). The lowest BCUT2D eigenvalue weighted by Gasteiger charge is -2.40. The fraction of sp³-hybridized carbons (Fsp3) is 0.409. The Morgan fingerprint density at radius 1 is 1.18 bits per heavy atom. The Hall–Kier alpha value is -3.57. The number of nitrogens with one attached hydrogen (secondary N) is 1. The lowest BCUT2D eigenvalue weighted by atomic mass is 9.90. The van der Waals surface area contributed by atoms with Gasteiger partial charge in [-0.05, 0) is 37.3 Å². The minimum atomic E-state index is -4.52. The first-order chi connectivity index (χ1) is 16.2. The zero-order valence-corrected chi connectivity index (χ0v) is 18.6. The molecule has 3 heterocycles. The van der Waals surface area contributed by atoms with E-state index in [-0.39, 0.29) is 41.6 Å². The maximum Gasteiger partial charge on any atom is 0.419 e. The smallest absolute Gasteiger partial charge is 0.352 e. The van der Waals surface area contributed by atoms with Gasteiger partial charge in [-0.1, -0.05) is 13.0 Å². The molecule has 1 fully saturated rings. The molecule has 34 heavy (non-hydrogen) atoms. The predicted molar refractivity (Wildman–Crippen MR) is 115 cm³/mol. The number of benzene rings is 1. The number of halogens is 4. The summed E-state index contributed by atoms with van der Waals surface area (Å²) in [6.07, 6.45) is 1.32. The number of piperidine rings is 1. The summed E-state index contributed by atoms with van der Waals surface area (Å²) in [5.74, 6) is -0.847. The van der Waals surface area contributed by atoms with Gasteiger partial charge in [0, 0.05) is 25.5 Å². The van der Waals surface area contributed by atoms with E-state index < -0.39 is 17.6 Å². The van der Waals surface area contributed by atoms with Crippen LogP contribution in [0.15, 0.2) is 36.9 Å². The van der Waals surface area contributed by atoms with Gasteiger partial charge in [-0.15, -0.1) is 4.80 Å². The van der Waals surface area contributed by atoms with Gasteiger partial charge in [0.2, 0.25) is 5.95 Å². The van der Waals surface area contributed by atoms with Crippen molar-refractivity contribution >= 4 is 11.9 Å². The van der Waals surface area contributed by atoms with Crippen LogP contribution < -0.4 is 5.32 Å². The molecule has 180 valence electrons. The largest absolute Gasteiger partial charge is 0.419 e. The van der Waals surface area contributed by atoms with Crippen molar-refractivity contribution in [1.82, 2.24) is 29.9 Å². The molecule has 1 aliphatic heterocycles. The fourth-order valence-electron chi connectivity index (χ4n) is 4.09. The molecule has 3 aromatic rings. The zero-order valence-electron chi connectivity index (χ0n) is 18.6. The molecule has 0 bridgehead atoms. The quantitative estimate of drug-likeness (QED) is 0.562. The highest BCUT2D eigenvalue weighted by Gasteiger charge is 2.35. The molecule has 1 N–H and O–H groups in total. The highest BCUT2D eigenvalue weighted by molar-refractivity contribution is 5.98. The van der Waals surface area contributed by atoms with E-state index in [0.717, 1.165) is 17.6 Å². The Morgan fingerprint density at radius 3 is 2.50 bits per heavy atom.